The minimum absolute atomic E-state index is 0.770. The van der Waals surface area contributed by atoms with E-state index >= 15 is 0 Å². The Kier molecular flexibility index (Phi) is 1.56. The van der Waals surface area contributed by atoms with Gasteiger partial charge in [0.2, 0.25) is 0 Å². The molecule has 0 saturated heterocycles. The van der Waals surface area contributed by atoms with Gasteiger partial charge in [-0.2, -0.15) is 0 Å². The number of hydrogen-bond donors (Lipinski definition) is 4. The highest BCUT2D eigenvalue weighted by Crippen LogP contribution is 2.37. The summed E-state index contributed by atoms with van der Waals surface area (Å²) < 4.78 is 0. The number of fused-ring (bicyclic) bond motifs is 3. The van der Waals surface area contributed by atoms with Crippen molar-refractivity contribution in [2.75, 3.05) is 11.5 Å². The van der Waals surface area contributed by atoms with Gasteiger partial charge < -0.3 is 21.4 Å². The number of nitrogens with two attached hydrogens (primary N) is 2. The van der Waals surface area contributed by atoms with E-state index in [-0.39, 0.29) is 0 Å². The van der Waals surface area contributed by atoms with Gasteiger partial charge in [-0.15, -0.1) is 0 Å². The number of benzene rings is 2. The molecule has 2 aromatic heterocycles. The van der Waals surface area contributed by atoms with Gasteiger partial charge in [0.15, 0.2) is 0 Å². The Balaban J connectivity index is 2.36. The highest BCUT2D eigenvalue weighted by atomic mass is 14.7. The Morgan fingerprint density at radius 3 is 1.56 bits per heavy atom. The Bertz CT molecular complexity index is 822. The number of H-pyrrole nitrogens is 2. The molecule has 0 bridgehead atoms. The van der Waals surface area contributed by atoms with Gasteiger partial charge in [0.25, 0.3) is 0 Å². The third-order valence-corrected chi connectivity index (χ3v) is 3.59. The van der Waals surface area contributed by atoms with Gasteiger partial charge in [0, 0.05) is 56.3 Å². The highest BCUT2D eigenvalue weighted by molar-refractivity contribution is 6.18. The van der Waals surface area contributed by atoms with Crippen molar-refractivity contribution in [2.24, 2.45) is 0 Å². The third-order valence-electron chi connectivity index (χ3n) is 3.59. The van der Waals surface area contributed by atoms with Crippen molar-refractivity contribution in [1.29, 1.82) is 0 Å². The van der Waals surface area contributed by atoms with Crippen LogP contribution in [-0.2, 0) is 0 Å². The van der Waals surface area contributed by atoms with E-state index in [1.54, 1.807) is 0 Å². The minimum atomic E-state index is 0.770. The van der Waals surface area contributed by atoms with Gasteiger partial charge >= 0.3 is 0 Å². The summed E-state index contributed by atoms with van der Waals surface area (Å²) in [7, 11) is 0. The topological polar surface area (TPSA) is 83.6 Å². The molecule has 2 aromatic carbocycles. The summed E-state index contributed by atoms with van der Waals surface area (Å²) in [5.41, 5.74) is 16.0. The molecule has 0 aliphatic carbocycles. The molecule has 0 spiro atoms. The molecule has 0 saturated carbocycles. The molecule has 0 atom stereocenters. The van der Waals surface area contributed by atoms with Gasteiger partial charge in [-0.3, -0.25) is 0 Å². The van der Waals surface area contributed by atoms with Crippen LogP contribution >= 0.6 is 0 Å². The molecule has 88 valence electrons. The average Bonchev–Trinajstić information content (AvgIpc) is 2.99. The minimum Gasteiger partial charge on any atom is -0.398 e. The molecule has 4 heteroatoms. The number of aromatic amines is 2. The molecule has 0 fully saturated rings. The Morgan fingerprint density at radius 1 is 0.667 bits per heavy atom. The van der Waals surface area contributed by atoms with Gasteiger partial charge in [-0.1, -0.05) is 0 Å². The lowest BCUT2D eigenvalue weighted by Gasteiger charge is -2.08. The van der Waals surface area contributed by atoms with Crippen LogP contribution in [0.25, 0.3) is 32.6 Å². The van der Waals surface area contributed by atoms with Gasteiger partial charge in [-0.05, 0) is 24.3 Å². The first-order valence-corrected chi connectivity index (χ1v) is 5.80. The van der Waals surface area contributed by atoms with Crippen LogP contribution in [-0.4, -0.2) is 9.97 Å². The fourth-order valence-corrected chi connectivity index (χ4v) is 2.65. The van der Waals surface area contributed by atoms with Crippen LogP contribution in [0.5, 0.6) is 0 Å². The van der Waals surface area contributed by atoms with E-state index < -0.39 is 0 Å². The zero-order chi connectivity index (χ0) is 12.3. The Labute approximate surface area is 103 Å². The molecule has 18 heavy (non-hydrogen) atoms. The summed E-state index contributed by atoms with van der Waals surface area (Å²) in [6.45, 7) is 0. The Hall–Kier alpha value is -2.62. The molecule has 4 nitrogen and oxygen atoms in total. The second-order valence-electron chi connectivity index (χ2n) is 4.55. The molecular weight excluding hydrogens is 224 g/mol. The molecule has 4 rings (SSSR count). The lowest BCUT2D eigenvalue weighted by atomic mass is 10.0. The predicted molar refractivity (Wildman–Crippen MR) is 76.5 cm³/mol. The molecular formula is C14H12N4. The Morgan fingerprint density at radius 2 is 1.11 bits per heavy atom. The maximum absolute atomic E-state index is 6.24. The molecule has 6 N–H and O–H groups in total. The van der Waals surface area contributed by atoms with Crippen molar-refractivity contribution >= 4 is 44.0 Å². The first-order valence-electron chi connectivity index (χ1n) is 5.80. The summed E-state index contributed by atoms with van der Waals surface area (Å²) in [5.74, 6) is 0. The first kappa shape index (κ1) is 9.41. The summed E-state index contributed by atoms with van der Waals surface area (Å²) in [4.78, 5) is 6.36. The summed E-state index contributed by atoms with van der Waals surface area (Å²) in [6, 6.07) is 8.09. The monoisotopic (exact) mass is 236 g/mol. The number of nitrogen functional groups attached to an aromatic ring is 2. The van der Waals surface area contributed by atoms with Crippen LogP contribution in [0.4, 0.5) is 11.4 Å². The predicted octanol–water partition coefficient (Wildman–Crippen LogP) is 2.97. The lowest BCUT2D eigenvalue weighted by Crippen LogP contribution is -1.93. The zero-order valence-electron chi connectivity index (χ0n) is 9.62. The van der Waals surface area contributed by atoms with Crippen LogP contribution in [0, 0.1) is 0 Å². The second kappa shape index (κ2) is 2.98. The number of rotatable bonds is 0. The average molecular weight is 236 g/mol. The number of hydrogen-bond acceptors (Lipinski definition) is 2. The van der Waals surface area contributed by atoms with Crippen LogP contribution in [0.3, 0.4) is 0 Å². The summed E-state index contributed by atoms with van der Waals surface area (Å²) >= 11 is 0. The van der Waals surface area contributed by atoms with E-state index in [1.807, 2.05) is 24.5 Å². The van der Waals surface area contributed by atoms with Crippen LogP contribution < -0.4 is 11.5 Å². The van der Waals surface area contributed by atoms with Crippen LogP contribution in [0.1, 0.15) is 0 Å². The van der Waals surface area contributed by atoms with Crippen molar-refractivity contribution in [3.63, 3.8) is 0 Å². The first-order chi connectivity index (χ1) is 8.75. The summed E-state index contributed by atoms with van der Waals surface area (Å²) in [6.07, 6.45) is 3.78. The van der Waals surface area contributed by atoms with E-state index in [0.717, 1.165) is 44.0 Å². The normalized spacial score (nSPS) is 11.8. The molecule has 0 aliphatic heterocycles. The second-order valence-corrected chi connectivity index (χ2v) is 4.55. The van der Waals surface area contributed by atoms with Crippen molar-refractivity contribution in [3.8, 4) is 0 Å². The quantitative estimate of drug-likeness (QED) is 0.354. The molecule has 0 radical (unpaired) electrons. The molecule has 0 unspecified atom stereocenters. The summed E-state index contributed by atoms with van der Waals surface area (Å²) in [5, 5.41) is 4.06. The maximum Gasteiger partial charge on any atom is 0.0490 e. The zero-order valence-corrected chi connectivity index (χ0v) is 9.62. The van der Waals surface area contributed by atoms with Gasteiger partial charge in [0.1, 0.15) is 0 Å². The van der Waals surface area contributed by atoms with Crippen LogP contribution in [0.15, 0.2) is 36.7 Å². The largest absolute Gasteiger partial charge is 0.398 e. The van der Waals surface area contributed by atoms with Crippen LogP contribution in [0.2, 0.25) is 0 Å². The SMILES string of the molecule is Nc1c2cc[nH]c2cc2c(N)c3cc[nH]c3cc12. The van der Waals surface area contributed by atoms with Crippen molar-refractivity contribution in [1.82, 2.24) is 9.97 Å². The standard InChI is InChI=1S/C14H12N4/c15-13-7-1-3-17-11(7)5-10-9(13)6-12-8(14(10)16)2-4-18-12/h1-6,17-18H,15-16H2. The van der Waals surface area contributed by atoms with E-state index in [9.17, 15) is 0 Å². The molecule has 0 aliphatic rings. The smallest absolute Gasteiger partial charge is 0.0490 e. The number of aromatic nitrogens is 2. The van der Waals surface area contributed by atoms with Crippen molar-refractivity contribution in [2.45, 2.75) is 0 Å². The van der Waals surface area contributed by atoms with Gasteiger partial charge in [0.05, 0.1) is 0 Å². The number of anilines is 2. The molecule has 4 aromatic rings. The maximum atomic E-state index is 6.24. The molecule has 0 amide bonds. The number of nitrogens with one attached hydrogen (secondary N) is 2. The van der Waals surface area contributed by atoms with Crippen molar-refractivity contribution in [3.05, 3.63) is 36.7 Å². The van der Waals surface area contributed by atoms with E-state index in [0.29, 0.717) is 0 Å². The lowest BCUT2D eigenvalue weighted by molar-refractivity contribution is 1.48. The van der Waals surface area contributed by atoms with E-state index in [2.05, 4.69) is 22.1 Å². The van der Waals surface area contributed by atoms with E-state index in [1.165, 1.54) is 0 Å². The third kappa shape index (κ3) is 0.996. The molecule has 2 heterocycles. The highest BCUT2D eigenvalue weighted by Gasteiger charge is 2.11. The van der Waals surface area contributed by atoms with Crippen molar-refractivity contribution < 1.29 is 0 Å². The fourth-order valence-electron chi connectivity index (χ4n) is 2.65. The fraction of sp³-hybridized carbons (Fsp3) is 0. The van der Waals surface area contributed by atoms with E-state index in [4.69, 9.17) is 11.5 Å². The van der Waals surface area contributed by atoms with Gasteiger partial charge in [-0.25, -0.2) is 0 Å².